The van der Waals surface area contributed by atoms with Crippen molar-refractivity contribution in [1.29, 1.82) is 5.41 Å². The van der Waals surface area contributed by atoms with Gasteiger partial charge in [-0.05, 0) is 17.7 Å². The Morgan fingerprint density at radius 1 is 1.80 bits per heavy atom. The van der Waals surface area contributed by atoms with Gasteiger partial charge >= 0.3 is 0 Å². The van der Waals surface area contributed by atoms with Crippen molar-refractivity contribution >= 4 is 18.3 Å². The summed E-state index contributed by atoms with van der Waals surface area (Å²) in [6, 6.07) is 0. The van der Waals surface area contributed by atoms with Crippen LogP contribution in [-0.2, 0) is 0 Å². The molecule has 0 fully saturated rings. The molecule has 0 radical (unpaired) electrons. The van der Waals surface area contributed by atoms with Gasteiger partial charge in [-0.3, -0.25) is 0 Å². The molecule has 0 aromatic heterocycles. The van der Waals surface area contributed by atoms with Crippen molar-refractivity contribution in [3.05, 3.63) is 16.2 Å². The Labute approximate surface area is 64.4 Å². The van der Waals surface area contributed by atoms with E-state index in [4.69, 9.17) is 5.41 Å². The summed E-state index contributed by atoms with van der Waals surface area (Å²) in [5.74, 6) is 0. The van der Waals surface area contributed by atoms with Gasteiger partial charge in [0, 0.05) is 11.7 Å². The molecule has 1 atom stereocenters. The molecule has 10 heavy (non-hydrogen) atoms. The van der Waals surface area contributed by atoms with Crippen LogP contribution >= 0.6 is 12.6 Å². The Balaban J connectivity index is 3.01. The molecule has 1 N–H and O–H groups in total. The first-order valence-corrected chi connectivity index (χ1v) is 3.48. The minimum absolute atomic E-state index is 0.0280. The van der Waals surface area contributed by atoms with Crippen LogP contribution in [0.3, 0.4) is 0 Å². The fourth-order valence-electron chi connectivity index (χ4n) is 0.966. The average Bonchev–Trinajstić information content (AvgIpc) is 2.09. The van der Waals surface area contributed by atoms with Crippen molar-refractivity contribution in [2.45, 2.75) is 18.6 Å². The molecule has 0 aromatic rings. The van der Waals surface area contributed by atoms with Crippen LogP contribution in [0.4, 0.5) is 0 Å². The van der Waals surface area contributed by atoms with Gasteiger partial charge in [0.05, 0.1) is 5.71 Å². The zero-order valence-corrected chi connectivity index (χ0v) is 6.48. The third kappa shape index (κ3) is 0.988. The van der Waals surface area contributed by atoms with Gasteiger partial charge in [0.1, 0.15) is 5.70 Å². The molecule has 0 aliphatic heterocycles. The molecule has 0 amide bonds. The molecule has 0 saturated carbocycles. The first kappa shape index (κ1) is 7.47. The van der Waals surface area contributed by atoms with Crippen molar-refractivity contribution in [3.63, 3.8) is 0 Å². The van der Waals surface area contributed by atoms with E-state index >= 15 is 0 Å². The topological polar surface area (TPSA) is 53.3 Å². The molecule has 4 heteroatoms. The highest BCUT2D eigenvalue weighted by Crippen LogP contribution is 2.27. The maximum atomic E-state index is 10.1. The molecule has 0 spiro atoms. The summed E-state index contributed by atoms with van der Waals surface area (Å²) >= 11 is 4.16. The number of nitroso groups, excluding NO2 is 1. The number of allylic oxidation sites excluding steroid dienone is 1. The molecular weight excluding hydrogens is 148 g/mol. The Morgan fingerprint density at radius 2 is 2.40 bits per heavy atom. The lowest BCUT2D eigenvalue weighted by Crippen LogP contribution is -1.95. The van der Waals surface area contributed by atoms with E-state index in [-0.39, 0.29) is 5.25 Å². The normalized spacial score (nSPS) is 25.8. The van der Waals surface area contributed by atoms with Crippen LogP contribution in [0.2, 0.25) is 0 Å². The van der Waals surface area contributed by atoms with E-state index in [1.807, 2.05) is 0 Å². The van der Waals surface area contributed by atoms with Crippen molar-refractivity contribution in [2.75, 3.05) is 0 Å². The lowest BCUT2D eigenvalue weighted by molar-refractivity contribution is 1.08. The number of rotatable bonds is 1. The first-order valence-electron chi connectivity index (χ1n) is 2.96. The minimum atomic E-state index is 0.0280. The van der Waals surface area contributed by atoms with E-state index in [1.54, 1.807) is 6.92 Å². The molecule has 1 aliphatic rings. The van der Waals surface area contributed by atoms with Crippen LogP contribution in [0.5, 0.6) is 0 Å². The second-order valence-corrected chi connectivity index (χ2v) is 2.94. The predicted octanol–water partition coefficient (Wildman–Crippen LogP) is 1.75. The molecule has 3 nitrogen and oxygen atoms in total. The maximum Gasteiger partial charge on any atom is 0.128 e. The van der Waals surface area contributed by atoms with E-state index in [2.05, 4.69) is 17.8 Å². The lowest BCUT2D eigenvalue weighted by Gasteiger charge is -1.97. The van der Waals surface area contributed by atoms with Crippen molar-refractivity contribution in [2.24, 2.45) is 5.18 Å². The summed E-state index contributed by atoms with van der Waals surface area (Å²) in [5, 5.41) is 10.1. The second-order valence-electron chi connectivity index (χ2n) is 2.32. The van der Waals surface area contributed by atoms with Crippen LogP contribution in [0.25, 0.3) is 0 Å². The number of hydrogen-bond acceptors (Lipinski definition) is 4. The summed E-state index contributed by atoms with van der Waals surface area (Å²) in [5.41, 5.74) is 1.43. The average molecular weight is 156 g/mol. The van der Waals surface area contributed by atoms with E-state index in [0.717, 1.165) is 5.57 Å². The maximum absolute atomic E-state index is 10.1. The van der Waals surface area contributed by atoms with E-state index < -0.39 is 0 Å². The predicted molar refractivity (Wildman–Crippen MR) is 43.6 cm³/mol. The SMILES string of the molecule is CC1=C(N=O)C(=N)CC1S. The molecule has 54 valence electrons. The fourth-order valence-corrected chi connectivity index (χ4v) is 1.27. The molecule has 0 bridgehead atoms. The number of nitrogens with zero attached hydrogens (tertiary/aromatic N) is 1. The fraction of sp³-hybridized carbons (Fsp3) is 0.500. The summed E-state index contributed by atoms with van der Waals surface area (Å²) in [4.78, 5) is 10.1. The second kappa shape index (κ2) is 2.54. The minimum Gasteiger partial charge on any atom is -0.303 e. The highest BCUT2D eigenvalue weighted by atomic mass is 32.1. The van der Waals surface area contributed by atoms with E-state index in [0.29, 0.717) is 17.8 Å². The molecule has 0 aromatic carbocycles. The monoisotopic (exact) mass is 156 g/mol. The van der Waals surface area contributed by atoms with Gasteiger partial charge in [-0.15, -0.1) is 4.91 Å². The molecule has 0 heterocycles. The van der Waals surface area contributed by atoms with E-state index in [9.17, 15) is 4.91 Å². The van der Waals surface area contributed by atoms with Gasteiger partial charge in [-0.25, -0.2) is 0 Å². The number of hydrogen-bond donors (Lipinski definition) is 2. The van der Waals surface area contributed by atoms with E-state index in [1.165, 1.54) is 0 Å². The first-order chi connectivity index (χ1) is 4.66. The molecular formula is C6H8N2OS. The number of thiol groups is 1. The van der Waals surface area contributed by atoms with Crippen molar-refractivity contribution in [3.8, 4) is 0 Å². The third-order valence-electron chi connectivity index (χ3n) is 1.65. The van der Waals surface area contributed by atoms with Crippen LogP contribution in [-0.4, -0.2) is 11.0 Å². The van der Waals surface area contributed by atoms with Gasteiger partial charge in [0.15, 0.2) is 0 Å². The Bertz CT molecular complexity index is 222. The van der Waals surface area contributed by atoms with Crippen LogP contribution in [0, 0.1) is 10.3 Å². The standard InChI is InChI=1S/C6H8N2OS/c1-3-5(10)2-4(7)6(3)8-9/h5,7,10H,2H2,1H3. The van der Waals surface area contributed by atoms with Gasteiger partial charge in [-0.2, -0.15) is 12.6 Å². The third-order valence-corrected chi connectivity index (χ3v) is 2.22. The van der Waals surface area contributed by atoms with Crippen LogP contribution < -0.4 is 0 Å². The van der Waals surface area contributed by atoms with Gasteiger partial charge < -0.3 is 5.41 Å². The van der Waals surface area contributed by atoms with Gasteiger partial charge in [0.25, 0.3) is 0 Å². The highest BCUT2D eigenvalue weighted by molar-refractivity contribution is 7.81. The Kier molecular flexibility index (Phi) is 1.89. The van der Waals surface area contributed by atoms with Crippen molar-refractivity contribution < 1.29 is 0 Å². The Hall–Kier alpha value is -0.640. The van der Waals surface area contributed by atoms with Gasteiger partial charge in [-0.1, -0.05) is 0 Å². The molecule has 1 rings (SSSR count). The lowest BCUT2D eigenvalue weighted by atomic mass is 10.2. The highest BCUT2D eigenvalue weighted by Gasteiger charge is 2.24. The van der Waals surface area contributed by atoms with Crippen LogP contribution in [0.1, 0.15) is 13.3 Å². The Morgan fingerprint density at radius 3 is 2.60 bits per heavy atom. The van der Waals surface area contributed by atoms with Crippen molar-refractivity contribution in [1.82, 2.24) is 0 Å². The zero-order chi connectivity index (χ0) is 7.72. The van der Waals surface area contributed by atoms with Gasteiger partial charge in [0.2, 0.25) is 0 Å². The zero-order valence-electron chi connectivity index (χ0n) is 5.59. The van der Waals surface area contributed by atoms with Crippen LogP contribution in [0.15, 0.2) is 16.4 Å². The number of nitrogens with one attached hydrogen (secondary N) is 1. The summed E-state index contributed by atoms with van der Waals surface area (Å²) in [6.45, 7) is 1.79. The molecule has 1 unspecified atom stereocenters. The smallest absolute Gasteiger partial charge is 0.128 e. The summed E-state index contributed by atoms with van der Waals surface area (Å²) in [6.07, 6.45) is 0.538. The summed E-state index contributed by atoms with van der Waals surface area (Å²) in [7, 11) is 0. The quantitative estimate of drug-likeness (QED) is 0.441. The molecule has 1 aliphatic carbocycles. The molecule has 0 saturated heterocycles. The largest absolute Gasteiger partial charge is 0.303 e. The summed E-state index contributed by atoms with van der Waals surface area (Å²) < 4.78 is 0.